The Balaban J connectivity index is 2.20. The first-order valence-electron chi connectivity index (χ1n) is 17.5. The second-order valence-electron chi connectivity index (χ2n) is 11.5. The molecule has 1 aromatic rings. The van der Waals surface area contributed by atoms with Gasteiger partial charge in [-0.15, -0.1) is 0 Å². The number of carboxylic acids is 1. The zero-order valence-corrected chi connectivity index (χ0v) is 27.7. The Morgan fingerprint density at radius 2 is 1.00 bits per heavy atom. The molecule has 0 saturated heterocycles. The molecule has 43 heavy (non-hydrogen) atoms. The Morgan fingerprint density at radius 3 is 1.44 bits per heavy atom. The fourth-order valence-corrected chi connectivity index (χ4v) is 5.15. The van der Waals surface area contributed by atoms with Gasteiger partial charge in [-0.3, -0.25) is 0 Å². The molecule has 1 atom stereocenters. The zero-order valence-electron chi connectivity index (χ0n) is 27.7. The first-order chi connectivity index (χ1) is 21.1. The van der Waals surface area contributed by atoms with Crippen molar-refractivity contribution in [2.45, 2.75) is 142 Å². The van der Waals surface area contributed by atoms with Gasteiger partial charge in [-0.25, -0.2) is 4.79 Å². The number of aliphatic carboxylic acids is 1. The number of ether oxygens (including phenoxy) is 5. The summed E-state index contributed by atoms with van der Waals surface area (Å²) < 4.78 is 28.1. The highest BCUT2D eigenvalue weighted by molar-refractivity contribution is 5.76. The molecule has 1 N–H and O–H groups in total. The third-order valence-corrected chi connectivity index (χ3v) is 7.72. The van der Waals surface area contributed by atoms with E-state index in [-0.39, 0.29) is 19.6 Å². The summed E-state index contributed by atoms with van der Waals surface area (Å²) in [5.74, 6) is -2.35. The Morgan fingerprint density at radius 1 is 0.581 bits per heavy atom. The largest absolute Gasteiger partial charge is 0.476 e. The molecule has 0 spiro atoms. The molecule has 0 fully saturated rings. The highest BCUT2D eigenvalue weighted by Gasteiger charge is 2.42. The first-order valence-corrected chi connectivity index (χ1v) is 17.5. The number of hydrogen-bond donors (Lipinski definition) is 1. The number of benzene rings is 1. The maximum absolute atomic E-state index is 12.4. The van der Waals surface area contributed by atoms with Crippen LogP contribution >= 0.6 is 0 Å². The van der Waals surface area contributed by atoms with Crippen molar-refractivity contribution in [3.63, 3.8) is 0 Å². The summed E-state index contributed by atoms with van der Waals surface area (Å²) in [7, 11) is 0. The molecule has 0 aromatic heterocycles. The number of carbonyl (C=O) groups is 1. The molecular formula is C36H64O7. The predicted octanol–water partition coefficient (Wildman–Crippen LogP) is 9.36. The van der Waals surface area contributed by atoms with Crippen LogP contribution in [0.25, 0.3) is 0 Å². The van der Waals surface area contributed by atoms with Crippen LogP contribution in [0, 0.1) is 0 Å². The summed E-state index contributed by atoms with van der Waals surface area (Å²) in [5, 5.41) is 10.1. The van der Waals surface area contributed by atoms with Crippen LogP contribution in [-0.4, -0.2) is 63.1 Å². The van der Waals surface area contributed by atoms with Gasteiger partial charge >= 0.3 is 11.8 Å². The van der Waals surface area contributed by atoms with Crippen LogP contribution in [0.1, 0.15) is 136 Å². The van der Waals surface area contributed by atoms with Gasteiger partial charge < -0.3 is 28.8 Å². The quantitative estimate of drug-likeness (QED) is 0.0629. The molecule has 7 nitrogen and oxygen atoms in total. The normalized spacial score (nSPS) is 12.8. The lowest BCUT2D eigenvalue weighted by Gasteiger charge is -2.30. The molecule has 0 aliphatic rings. The van der Waals surface area contributed by atoms with Crippen LogP contribution in [0.15, 0.2) is 30.3 Å². The number of rotatable bonds is 33. The van der Waals surface area contributed by atoms with E-state index in [1.54, 1.807) is 12.1 Å². The van der Waals surface area contributed by atoms with Gasteiger partial charge in [-0.1, -0.05) is 134 Å². The molecule has 0 amide bonds. The fraction of sp³-hybridized carbons (Fsp3) is 0.806. The third-order valence-electron chi connectivity index (χ3n) is 7.72. The van der Waals surface area contributed by atoms with E-state index < -0.39 is 11.8 Å². The third kappa shape index (κ3) is 22.5. The average molecular weight is 609 g/mol. The van der Waals surface area contributed by atoms with Crippen molar-refractivity contribution < 1.29 is 33.6 Å². The molecule has 0 radical (unpaired) electrons. The van der Waals surface area contributed by atoms with Gasteiger partial charge in [0.2, 0.25) is 0 Å². The van der Waals surface area contributed by atoms with Crippen molar-refractivity contribution in [3.05, 3.63) is 30.3 Å². The molecule has 250 valence electrons. The minimum atomic E-state index is -1.73. The van der Waals surface area contributed by atoms with Gasteiger partial charge in [0.05, 0.1) is 39.6 Å². The molecule has 0 aliphatic heterocycles. The van der Waals surface area contributed by atoms with E-state index in [1.807, 2.05) is 25.1 Å². The summed E-state index contributed by atoms with van der Waals surface area (Å²) in [6.07, 6.45) is 23.5. The molecule has 1 unspecified atom stereocenters. The van der Waals surface area contributed by atoms with Crippen LogP contribution in [0.4, 0.5) is 0 Å². The van der Waals surface area contributed by atoms with Crippen LogP contribution in [0.2, 0.25) is 0 Å². The highest BCUT2D eigenvalue weighted by atomic mass is 16.7. The maximum atomic E-state index is 12.4. The van der Waals surface area contributed by atoms with Gasteiger partial charge in [0.1, 0.15) is 5.75 Å². The minimum Gasteiger partial charge on any atom is -0.476 e. The lowest BCUT2D eigenvalue weighted by atomic mass is 10.0. The van der Waals surface area contributed by atoms with Gasteiger partial charge in [0.25, 0.3) is 0 Å². The van der Waals surface area contributed by atoms with Crippen LogP contribution in [0.5, 0.6) is 5.75 Å². The lowest BCUT2D eigenvalue weighted by molar-refractivity contribution is -0.218. The topological polar surface area (TPSA) is 83.5 Å². The van der Waals surface area contributed by atoms with Gasteiger partial charge in [-0.2, -0.15) is 0 Å². The Labute approximate surface area is 263 Å². The Hall–Kier alpha value is -1.67. The van der Waals surface area contributed by atoms with E-state index in [4.69, 9.17) is 23.7 Å². The van der Waals surface area contributed by atoms with E-state index >= 15 is 0 Å². The molecule has 0 bridgehead atoms. The second kappa shape index (κ2) is 29.1. The van der Waals surface area contributed by atoms with Crippen LogP contribution in [-0.2, 0) is 23.7 Å². The van der Waals surface area contributed by atoms with Crippen molar-refractivity contribution in [3.8, 4) is 5.75 Å². The van der Waals surface area contributed by atoms with Crippen molar-refractivity contribution in [1.82, 2.24) is 0 Å². The molecule has 1 aromatic carbocycles. The molecule has 0 heterocycles. The maximum Gasteiger partial charge on any atom is 0.377 e. The van der Waals surface area contributed by atoms with Crippen LogP contribution < -0.4 is 4.74 Å². The Bertz CT molecular complexity index is 730. The number of para-hydroxylation sites is 1. The van der Waals surface area contributed by atoms with E-state index in [2.05, 4.69) is 6.92 Å². The molecule has 0 aliphatic carbocycles. The van der Waals surface area contributed by atoms with Crippen LogP contribution in [0.3, 0.4) is 0 Å². The lowest BCUT2D eigenvalue weighted by Crippen LogP contribution is -2.48. The van der Waals surface area contributed by atoms with Crippen molar-refractivity contribution in [2.24, 2.45) is 0 Å². The van der Waals surface area contributed by atoms with Crippen molar-refractivity contribution in [2.75, 3.05) is 46.2 Å². The number of unbranched alkanes of at least 4 members (excludes halogenated alkanes) is 17. The van der Waals surface area contributed by atoms with Crippen molar-refractivity contribution >= 4 is 5.97 Å². The summed E-state index contributed by atoms with van der Waals surface area (Å²) in [6, 6.07) is 9.04. The van der Waals surface area contributed by atoms with E-state index in [0.717, 1.165) is 19.3 Å². The fourth-order valence-electron chi connectivity index (χ4n) is 5.15. The average Bonchev–Trinajstić information content (AvgIpc) is 3.01. The molecule has 1 rings (SSSR count). The van der Waals surface area contributed by atoms with Gasteiger partial charge in [0.15, 0.2) is 0 Å². The van der Waals surface area contributed by atoms with Gasteiger partial charge in [0, 0.05) is 13.0 Å². The minimum absolute atomic E-state index is 0.122. The zero-order chi connectivity index (χ0) is 31.1. The predicted molar refractivity (Wildman–Crippen MR) is 175 cm³/mol. The van der Waals surface area contributed by atoms with Gasteiger partial charge in [-0.05, 0) is 25.5 Å². The summed E-state index contributed by atoms with van der Waals surface area (Å²) in [6.45, 7) is 7.25. The molecule has 7 heteroatoms. The monoisotopic (exact) mass is 608 g/mol. The SMILES string of the molecule is CCCCCCCCCCCCCCCCCCCCC(OCCOCCOCCOCC)(Oc1ccccc1)C(=O)O. The first kappa shape index (κ1) is 39.4. The number of carboxylic acid groups (broad SMARTS) is 1. The van der Waals surface area contributed by atoms with E-state index in [0.29, 0.717) is 38.8 Å². The van der Waals surface area contributed by atoms with E-state index in [9.17, 15) is 9.90 Å². The summed E-state index contributed by atoms with van der Waals surface area (Å²) >= 11 is 0. The molecule has 0 saturated carbocycles. The second-order valence-corrected chi connectivity index (χ2v) is 11.5. The van der Waals surface area contributed by atoms with Crippen molar-refractivity contribution in [1.29, 1.82) is 0 Å². The Kier molecular flexibility index (Phi) is 26.6. The van der Waals surface area contributed by atoms with E-state index in [1.165, 1.54) is 96.3 Å². The summed E-state index contributed by atoms with van der Waals surface area (Å²) in [5.41, 5.74) is 0. The standard InChI is InChI=1S/C36H64O7/c1-3-5-6-7-8-9-10-11-12-13-14-15-16-17-18-19-20-24-27-36(35(37)38,43-34-25-22-21-23-26-34)42-33-32-41-31-30-40-29-28-39-4-2/h21-23,25-26H,3-20,24,27-33H2,1-2H3,(H,37,38). The smallest absolute Gasteiger partial charge is 0.377 e. The highest BCUT2D eigenvalue weighted by Crippen LogP contribution is 2.26. The number of hydrogen-bond acceptors (Lipinski definition) is 6. The molecular weight excluding hydrogens is 544 g/mol. The summed E-state index contributed by atoms with van der Waals surface area (Å²) in [4.78, 5) is 12.4.